The molecule has 0 aromatic carbocycles. The zero-order valence-corrected chi connectivity index (χ0v) is 12.7. The molecule has 0 radical (unpaired) electrons. The normalized spacial score (nSPS) is 19.9. The molecule has 1 unspecified atom stereocenters. The van der Waals surface area contributed by atoms with Gasteiger partial charge in [-0.05, 0) is 25.0 Å². The average molecular weight is 302 g/mol. The van der Waals surface area contributed by atoms with Crippen molar-refractivity contribution >= 4 is 10.0 Å². The van der Waals surface area contributed by atoms with Gasteiger partial charge in [0.25, 0.3) is 10.0 Å². The van der Waals surface area contributed by atoms with Crippen molar-refractivity contribution in [3.8, 4) is 0 Å². The van der Waals surface area contributed by atoms with Gasteiger partial charge >= 0.3 is 0 Å². The molecule has 7 heteroatoms. The predicted octanol–water partition coefficient (Wildman–Crippen LogP) is 1.23. The van der Waals surface area contributed by atoms with Crippen molar-refractivity contribution in [2.75, 3.05) is 13.2 Å². The monoisotopic (exact) mass is 302 g/mol. The van der Waals surface area contributed by atoms with Crippen molar-refractivity contribution in [2.45, 2.75) is 50.5 Å². The Morgan fingerprint density at radius 2 is 2.20 bits per heavy atom. The molecule has 1 atom stereocenters. The standard InChI is InChI=1S/C13H22N2O4S/c1-10(2)14-8-12-5-6-13(19-12)20(16,17)15-9-11-4-3-7-18-11/h5-6,10-11,14-15H,3-4,7-9H2,1-2H3. The molecule has 2 heterocycles. The largest absolute Gasteiger partial charge is 0.447 e. The minimum atomic E-state index is -3.59. The summed E-state index contributed by atoms with van der Waals surface area (Å²) in [5.74, 6) is 0.608. The van der Waals surface area contributed by atoms with E-state index in [1.165, 1.54) is 6.07 Å². The van der Waals surface area contributed by atoms with Crippen molar-refractivity contribution in [1.29, 1.82) is 0 Å². The highest BCUT2D eigenvalue weighted by molar-refractivity contribution is 7.89. The van der Waals surface area contributed by atoms with E-state index in [0.717, 1.165) is 12.8 Å². The van der Waals surface area contributed by atoms with E-state index in [9.17, 15) is 8.42 Å². The molecule has 1 aromatic rings. The zero-order valence-electron chi connectivity index (χ0n) is 11.9. The highest BCUT2D eigenvalue weighted by Crippen LogP contribution is 2.15. The summed E-state index contributed by atoms with van der Waals surface area (Å²) in [4.78, 5) is 0. The van der Waals surface area contributed by atoms with Crippen LogP contribution in [-0.4, -0.2) is 33.7 Å². The zero-order chi connectivity index (χ0) is 14.6. The molecular formula is C13H22N2O4S. The fourth-order valence-corrected chi connectivity index (χ4v) is 2.99. The van der Waals surface area contributed by atoms with E-state index in [0.29, 0.717) is 31.5 Å². The predicted molar refractivity (Wildman–Crippen MR) is 74.8 cm³/mol. The number of furan rings is 1. The molecule has 114 valence electrons. The fourth-order valence-electron chi connectivity index (χ4n) is 1.98. The van der Waals surface area contributed by atoms with Crippen molar-refractivity contribution < 1.29 is 17.6 Å². The molecule has 2 N–H and O–H groups in total. The third-order valence-corrected chi connectivity index (χ3v) is 4.41. The molecule has 0 saturated carbocycles. The molecule has 0 spiro atoms. The lowest BCUT2D eigenvalue weighted by Crippen LogP contribution is -2.31. The van der Waals surface area contributed by atoms with Gasteiger partial charge in [0, 0.05) is 19.2 Å². The first-order chi connectivity index (χ1) is 9.47. The van der Waals surface area contributed by atoms with Crippen molar-refractivity contribution in [3.63, 3.8) is 0 Å². The first-order valence-corrected chi connectivity index (χ1v) is 8.39. The number of hydrogen-bond acceptors (Lipinski definition) is 5. The number of nitrogens with one attached hydrogen (secondary N) is 2. The molecule has 20 heavy (non-hydrogen) atoms. The van der Waals surface area contributed by atoms with Gasteiger partial charge in [-0.3, -0.25) is 0 Å². The van der Waals surface area contributed by atoms with Crippen LogP contribution in [0.4, 0.5) is 0 Å². The highest BCUT2D eigenvalue weighted by atomic mass is 32.2. The Hall–Kier alpha value is -0.890. The van der Waals surface area contributed by atoms with Gasteiger partial charge in [0.15, 0.2) is 0 Å². The first kappa shape index (κ1) is 15.5. The third-order valence-electron chi connectivity index (χ3n) is 3.11. The van der Waals surface area contributed by atoms with E-state index in [1.54, 1.807) is 6.07 Å². The molecule has 1 aliphatic rings. The summed E-state index contributed by atoms with van der Waals surface area (Å²) in [7, 11) is -3.59. The van der Waals surface area contributed by atoms with Gasteiger partial charge in [-0.25, -0.2) is 13.1 Å². The van der Waals surface area contributed by atoms with Gasteiger partial charge < -0.3 is 14.5 Å². The molecular weight excluding hydrogens is 280 g/mol. The maximum Gasteiger partial charge on any atom is 0.274 e. The smallest absolute Gasteiger partial charge is 0.274 e. The van der Waals surface area contributed by atoms with Gasteiger partial charge in [-0.1, -0.05) is 13.8 Å². The Labute approximate surface area is 119 Å². The van der Waals surface area contributed by atoms with E-state index in [1.807, 2.05) is 13.8 Å². The molecule has 0 aliphatic carbocycles. The third kappa shape index (κ3) is 4.31. The van der Waals surface area contributed by atoms with Crippen LogP contribution in [0.3, 0.4) is 0 Å². The summed E-state index contributed by atoms with van der Waals surface area (Å²) in [6.07, 6.45) is 1.85. The van der Waals surface area contributed by atoms with E-state index in [2.05, 4.69) is 10.0 Å². The average Bonchev–Trinajstić information content (AvgIpc) is 3.05. The topological polar surface area (TPSA) is 80.6 Å². The Morgan fingerprint density at radius 1 is 1.40 bits per heavy atom. The summed E-state index contributed by atoms with van der Waals surface area (Å²) in [6.45, 7) is 5.55. The molecule has 1 aliphatic heterocycles. The minimum absolute atomic E-state index is 0.0261. The lowest BCUT2D eigenvalue weighted by molar-refractivity contribution is 0.114. The maximum absolute atomic E-state index is 12.1. The summed E-state index contributed by atoms with van der Waals surface area (Å²) >= 11 is 0. The Bertz CT molecular complexity index is 518. The van der Waals surface area contributed by atoms with Gasteiger partial charge in [0.05, 0.1) is 12.6 Å². The molecule has 1 fully saturated rings. The van der Waals surface area contributed by atoms with Gasteiger partial charge in [-0.2, -0.15) is 0 Å². The molecule has 1 aromatic heterocycles. The van der Waals surface area contributed by atoms with Crippen LogP contribution in [0, 0.1) is 0 Å². The molecule has 0 amide bonds. The summed E-state index contributed by atoms with van der Waals surface area (Å²) in [5, 5.41) is 3.13. The van der Waals surface area contributed by atoms with Gasteiger partial charge in [0.1, 0.15) is 5.76 Å². The Morgan fingerprint density at radius 3 is 2.85 bits per heavy atom. The van der Waals surface area contributed by atoms with Crippen molar-refractivity contribution in [3.05, 3.63) is 17.9 Å². The first-order valence-electron chi connectivity index (χ1n) is 6.91. The van der Waals surface area contributed by atoms with Crippen molar-refractivity contribution in [2.24, 2.45) is 0 Å². The summed E-state index contributed by atoms with van der Waals surface area (Å²) in [6, 6.07) is 3.48. The van der Waals surface area contributed by atoms with Crippen molar-refractivity contribution in [1.82, 2.24) is 10.0 Å². The quantitative estimate of drug-likeness (QED) is 0.792. The maximum atomic E-state index is 12.1. The number of hydrogen-bond donors (Lipinski definition) is 2. The van der Waals surface area contributed by atoms with Gasteiger partial charge in [-0.15, -0.1) is 0 Å². The van der Waals surface area contributed by atoms with Crippen LogP contribution in [0.2, 0.25) is 0 Å². The van der Waals surface area contributed by atoms with Crippen LogP contribution in [0.15, 0.2) is 21.6 Å². The fraction of sp³-hybridized carbons (Fsp3) is 0.692. The molecule has 1 saturated heterocycles. The SMILES string of the molecule is CC(C)NCc1ccc(S(=O)(=O)NCC2CCCO2)o1. The molecule has 6 nitrogen and oxygen atoms in total. The van der Waals surface area contributed by atoms with Crippen LogP contribution in [0.5, 0.6) is 0 Å². The number of rotatable bonds is 7. The molecule has 0 bridgehead atoms. The minimum Gasteiger partial charge on any atom is -0.447 e. The van der Waals surface area contributed by atoms with Crippen LogP contribution in [0.25, 0.3) is 0 Å². The highest BCUT2D eigenvalue weighted by Gasteiger charge is 2.22. The number of sulfonamides is 1. The van der Waals surface area contributed by atoms with Crippen LogP contribution in [0.1, 0.15) is 32.4 Å². The summed E-state index contributed by atoms with van der Waals surface area (Å²) in [5.41, 5.74) is 0. The Balaban J connectivity index is 1.91. The van der Waals surface area contributed by atoms with E-state index < -0.39 is 10.0 Å². The second-order valence-corrected chi connectivity index (χ2v) is 6.94. The van der Waals surface area contributed by atoms with Crippen LogP contribution in [-0.2, 0) is 21.3 Å². The lowest BCUT2D eigenvalue weighted by atomic mass is 10.2. The van der Waals surface area contributed by atoms with Crippen LogP contribution >= 0.6 is 0 Å². The van der Waals surface area contributed by atoms with Gasteiger partial charge in [0.2, 0.25) is 5.09 Å². The van der Waals surface area contributed by atoms with Crippen LogP contribution < -0.4 is 10.0 Å². The number of ether oxygens (including phenoxy) is 1. The lowest BCUT2D eigenvalue weighted by Gasteiger charge is -2.10. The molecule has 2 rings (SSSR count). The second kappa shape index (κ2) is 6.71. The van der Waals surface area contributed by atoms with E-state index in [-0.39, 0.29) is 11.2 Å². The Kier molecular flexibility index (Phi) is 5.20. The second-order valence-electron chi connectivity index (χ2n) is 5.24. The van der Waals surface area contributed by atoms with E-state index >= 15 is 0 Å². The summed E-state index contributed by atoms with van der Waals surface area (Å²) < 4.78 is 37.4. The van der Waals surface area contributed by atoms with E-state index in [4.69, 9.17) is 9.15 Å².